The van der Waals surface area contributed by atoms with Gasteiger partial charge in [0.1, 0.15) is 18.6 Å². The molecule has 3 heterocycles. The van der Waals surface area contributed by atoms with Crippen molar-refractivity contribution in [3.05, 3.63) is 65.7 Å². The van der Waals surface area contributed by atoms with Gasteiger partial charge in [-0.2, -0.15) is 13.2 Å². The number of hydrogen-bond donors (Lipinski definition) is 0. The number of fused-ring (bicyclic) bond motifs is 1. The maximum Gasteiger partial charge on any atom is 0.471 e. The first-order chi connectivity index (χ1) is 16.2. The predicted octanol–water partition coefficient (Wildman–Crippen LogP) is 3.31. The van der Waals surface area contributed by atoms with E-state index in [0.29, 0.717) is 16.0 Å². The molecule has 11 heteroatoms. The van der Waals surface area contributed by atoms with Gasteiger partial charge in [0, 0.05) is 25.1 Å². The maximum atomic E-state index is 13.8. The number of hydrogen-bond acceptors (Lipinski definition) is 6. The predicted molar refractivity (Wildman–Crippen MR) is 109 cm³/mol. The summed E-state index contributed by atoms with van der Waals surface area (Å²) < 4.78 is 44.9. The molecular formula is C23H19F3N2O6. The summed E-state index contributed by atoms with van der Waals surface area (Å²) in [5.41, 5.74) is -1.91. The minimum Gasteiger partial charge on any atom is -0.444 e. The highest BCUT2D eigenvalue weighted by molar-refractivity contribution is 6.17. The first kappa shape index (κ1) is 22.4. The molecule has 2 fully saturated rings. The average Bonchev–Trinajstić information content (AvgIpc) is 3.24. The van der Waals surface area contributed by atoms with E-state index in [1.54, 1.807) is 48.5 Å². The SMILES string of the molecule is O=C(OCc1ccccc1)N1C(=O)[C@]23COO[C@]2(CCN(C(=O)C(F)(F)F)C3)c2ccccc21. The molecule has 5 rings (SSSR count). The number of rotatable bonds is 2. The second-order valence-electron chi connectivity index (χ2n) is 8.43. The molecule has 0 saturated carbocycles. The number of nitrogens with zero attached hydrogens (tertiary/aromatic N) is 2. The minimum atomic E-state index is -5.11. The van der Waals surface area contributed by atoms with Gasteiger partial charge in [-0.05, 0) is 11.6 Å². The van der Waals surface area contributed by atoms with Crippen molar-refractivity contribution < 1.29 is 42.1 Å². The number of likely N-dealkylation sites (tertiary alicyclic amines) is 1. The number of carbonyl (C=O) groups excluding carboxylic acids is 3. The number of para-hydroxylation sites is 1. The Morgan fingerprint density at radius 1 is 1.06 bits per heavy atom. The van der Waals surface area contributed by atoms with Gasteiger partial charge in [-0.25, -0.2) is 19.5 Å². The summed E-state index contributed by atoms with van der Waals surface area (Å²) in [4.78, 5) is 51.1. The van der Waals surface area contributed by atoms with Crippen molar-refractivity contribution in [3.63, 3.8) is 0 Å². The van der Waals surface area contributed by atoms with Crippen LogP contribution in [0.15, 0.2) is 54.6 Å². The van der Waals surface area contributed by atoms with Crippen LogP contribution in [0.5, 0.6) is 0 Å². The lowest BCUT2D eigenvalue weighted by Gasteiger charge is -2.52. The summed E-state index contributed by atoms with van der Waals surface area (Å²) in [7, 11) is 0. The molecule has 2 saturated heterocycles. The van der Waals surface area contributed by atoms with E-state index in [9.17, 15) is 27.6 Å². The number of anilines is 1. The number of benzene rings is 2. The fourth-order valence-corrected chi connectivity index (χ4v) is 4.97. The molecule has 0 aliphatic carbocycles. The zero-order valence-electron chi connectivity index (χ0n) is 17.7. The second-order valence-corrected chi connectivity index (χ2v) is 8.43. The molecule has 0 spiro atoms. The molecule has 2 aromatic rings. The number of imide groups is 1. The molecule has 2 aromatic carbocycles. The molecule has 3 aliphatic rings. The summed E-state index contributed by atoms with van der Waals surface area (Å²) in [5, 5.41) is 0. The molecular weight excluding hydrogens is 457 g/mol. The third-order valence-electron chi connectivity index (χ3n) is 6.58. The number of carbonyl (C=O) groups is 3. The van der Waals surface area contributed by atoms with Gasteiger partial charge in [0.2, 0.25) is 5.91 Å². The van der Waals surface area contributed by atoms with E-state index in [-0.39, 0.29) is 25.3 Å². The van der Waals surface area contributed by atoms with Crippen LogP contribution in [0.3, 0.4) is 0 Å². The van der Waals surface area contributed by atoms with Crippen LogP contribution >= 0.6 is 0 Å². The standard InChI is InChI=1S/C23H19F3N2O6/c24-23(25,26)19(30)27-11-10-22-16-8-4-5-9-17(16)28(18(29)21(22,13-27)14-33-34-22)20(31)32-12-15-6-2-1-3-7-15/h1-9H,10-14H2/t21-,22+/m0/s1. The monoisotopic (exact) mass is 476 g/mol. The highest BCUT2D eigenvalue weighted by Gasteiger charge is 2.72. The molecule has 0 radical (unpaired) electrons. The third-order valence-corrected chi connectivity index (χ3v) is 6.58. The Balaban J connectivity index is 1.54. The summed E-state index contributed by atoms with van der Waals surface area (Å²) in [6, 6.07) is 15.2. The number of amides is 3. The number of piperidine rings is 1. The molecule has 3 amide bonds. The van der Waals surface area contributed by atoms with Crippen molar-refractivity contribution in [1.29, 1.82) is 0 Å². The Morgan fingerprint density at radius 2 is 1.76 bits per heavy atom. The van der Waals surface area contributed by atoms with Crippen LogP contribution in [0.2, 0.25) is 0 Å². The van der Waals surface area contributed by atoms with Gasteiger partial charge >= 0.3 is 18.2 Å². The fourth-order valence-electron chi connectivity index (χ4n) is 4.97. The first-order valence-electron chi connectivity index (χ1n) is 10.5. The second kappa shape index (κ2) is 7.81. The lowest BCUT2D eigenvalue weighted by atomic mass is 9.61. The molecule has 0 unspecified atom stereocenters. The van der Waals surface area contributed by atoms with E-state index >= 15 is 0 Å². The zero-order chi connectivity index (χ0) is 24.1. The van der Waals surface area contributed by atoms with Gasteiger partial charge in [0.15, 0.2) is 5.60 Å². The minimum absolute atomic E-state index is 0.116. The van der Waals surface area contributed by atoms with E-state index in [0.717, 1.165) is 4.90 Å². The summed E-state index contributed by atoms with van der Waals surface area (Å²) in [6.45, 7) is -1.47. The van der Waals surface area contributed by atoms with Crippen LogP contribution in [0, 0.1) is 5.41 Å². The fraction of sp³-hybridized carbons (Fsp3) is 0.348. The van der Waals surface area contributed by atoms with Crippen molar-refractivity contribution in [2.24, 2.45) is 5.41 Å². The van der Waals surface area contributed by atoms with Crippen LogP contribution < -0.4 is 4.90 Å². The van der Waals surface area contributed by atoms with Crippen LogP contribution in [0.4, 0.5) is 23.7 Å². The van der Waals surface area contributed by atoms with E-state index in [1.807, 2.05) is 0 Å². The highest BCUT2D eigenvalue weighted by atomic mass is 19.4. The molecule has 0 aromatic heterocycles. The number of halogens is 3. The molecule has 0 bridgehead atoms. The molecule has 2 atom stereocenters. The molecule has 8 nitrogen and oxygen atoms in total. The normalized spacial score (nSPS) is 25.9. The van der Waals surface area contributed by atoms with Crippen molar-refractivity contribution in [2.75, 3.05) is 24.6 Å². The lowest BCUT2D eigenvalue weighted by Crippen LogP contribution is -2.68. The van der Waals surface area contributed by atoms with Gasteiger partial charge in [0.05, 0.1) is 5.69 Å². The summed E-state index contributed by atoms with van der Waals surface area (Å²) in [6.07, 6.45) is -6.22. The van der Waals surface area contributed by atoms with Crippen LogP contribution in [-0.4, -0.2) is 48.7 Å². The number of ether oxygens (including phenoxy) is 1. The molecule has 3 aliphatic heterocycles. The van der Waals surface area contributed by atoms with Crippen LogP contribution in [-0.2, 0) is 36.3 Å². The molecule has 178 valence electrons. The van der Waals surface area contributed by atoms with Gasteiger partial charge in [0.25, 0.3) is 0 Å². The average molecular weight is 476 g/mol. The Kier molecular flexibility index (Phi) is 5.14. The Labute approximate surface area is 191 Å². The van der Waals surface area contributed by atoms with Gasteiger partial charge in [-0.3, -0.25) is 9.59 Å². The van der Waals surface area contributed by atoms with Crippen molar-refractivity contribution >= 4 is 23.6 Å². The van der Waals surface area contributed by atoms with E-state index in [1.165, 1.54) is 6.07 Å². The van der Waals surface area contributed by atoms with Crippen molar-refractivity contribution in [2.45, 2.75) is 24.8 Å². The summed E-state index contributed by atoms with van der Waals surface area (Å²) in [5.74, 6) is -2.91. The Bertz CT molecular complexity index is 1160. The highest BCUT2D eigenvalue weighted by Crippen LogP contribution is 2.59. The molecule has 34 heavy (non-hydrogen) atoms. The lowest BCUT2D eigenvalue weighted by molar-refractivity contribution is -0.322. The zero-order valence-corrected chi connectivity index (χ0v) is 17.7. The van der Waals surface area contributed by atoms with Gasteiger partial charge < -0.3 is 9.64 Å². The van der Waals surface area contributed by atoms with Crippen LogP contribution in [0.25, 0.3) is 0 Å². The number of alkyl halides is 3. The first-order valence-corrected chi connectivity index (χ1v) is 10.5. The van der Waals surface area contributed by atoms with Crippen LogP contribution in [0.1, 0.15) is 17.5 Å². The largest absolute Gasteiger partial charge is 0.471 e. The van der Waals surface area contributed by atoms with E-state index in [4.69, 9.17) is 14.5 Å². The smallest absolute Gasteiger partial charge is 0.444 e. The topological polar surface area (TPSA) is 85.4 Å². The van der Waals surface area contributed by atoms with Gasteiger partial charge in [-0.15, -0.1) is 0 Å². The Morgan fingerprint density at radius 3 is 2.50 bits per heavy atom. The third kappa shape index (κ3) is 3.18. The van der Waals surface area contributed by atoms with E-state index in [2.05, 4.69) is 0 Å². The maximum absolute atomic E-state index is 13.8. The Hall–Kier alpha value is -3.44. The van der Waals surface area contributed by atoms with Gasteiger partial charge in [-0.1, -0.05) is 48.5 Å². The quantitative estimate of drug-likeness (QED) is 0.619. The van der Waals surface area contributed by atoms with Crippen molar-refractivity contribution in [1.82, 2.24) is 4.90 Å². The van der Waals surface area contributed by atoms with Crippen molar-refractivity contribution in [3.8, 4) is 0 Å². The summed E-state index contributed by atoms with van der Waals surface area (Å²) >= 11 is 0. The molecule has 0 N–H and O–H groups in total. The van der Waals surface area contributed by atoms with E-state index < -0.39 is 48.3 Å².